The van der Waals surface area contributed by atoms with E-state index in [1.807, 2.05) is 0 Å². The Balaban J connectivity index is 3.84. The fourth-order valence-electron chi connectivity index (χ4n) is 0.386. The highest BCUT2D eigenvalue weighted by Crippen LogP contribution is 1.92. The molecule has 0 amide bonds. The summed E-state index contributed by atoms with van der Waals surface area (Å²) < 4.78 is 0. The Morgan fingerprint density at radius 2 is 1.64 bits per heavy atom. The molecule has 0 aromatic heterocycles. The molecular weight excluding hydrogens is 150 g/mol. The van der Waals surface area contributed by atoms with Gasteiger partial charge < -0.3 is 0 Å². The number of nitrogens with zero attached hydrogens (tertiary/aromatic N) is 7. The summed E-state index contributed by atoms with van der Waals surface area (Å²) in [5, 5.41) is 8.78. The van der Waals surface area contributed by atoms with Crippen LogP contribution in [0.1, 0.15) is 0 Å². The van der Waals surface area contributed by atoms with Gasteiger partial charge in [-0.05, 0) is 11.1 Å². The molecule has 11 heavy (non-hydrogen) atoms. The molecule has 0 bridgehead atoms. The highest BCUT2D eigenvalue weighted by atomic mass is 16.3. The summed E-state index contributed by atoms with van der Waals surface area (Å²) in [6, 6.07) is -0.748. The molecule has 8 nitrogen and oxygen atoms in total. The zero-order chi connectivity index (χ0) is 8.53. The molecule has 0 unspecified atom stereocenters. The van der Waals surface area contributed by atoms with Gasteiger partial charge in [-0.2, -0.15) is 4.91 Å². The van der Waals surface area contributed by atoms with Gasteiger partial charge in [0.1, 0.15) is 6.04 Å². The van der Waals surface area contributed by atoms with Gasteiger partial charge in [-0.25, -0.2) is 0 Å². The van der Waals surface area contributed by atoms with E-state index in [9.17, 15) is 4.91 Å². The molecule has 0 saturated carbocycles. The number of rotatable bonds is 5. The summed E-state index contributed by atoms with van der Waals surface area (Å²) >= 11 is 0. The van der Waals surface area contributed by atoms with Crippen molar-refractivity contribution >= 4 is 0 Å². The van der Waals surface area contributed by atoms with Crippen LogP contribution >= 0.6 is 0 Å². The van der Waals surface area contributed by atoms with Crippen LogP contribution in [0, 0.1) is 4.91 Å². The van der Waals surface area contributed by atoms with Gasteiger partial charge >= 0.3 is 0 Å². The molecule has 0 saturated heterocycles. The lowest BCUT2D eigenvalue weighted by molar-refractivity contribution is 0.684. The Morgan fingerprint density at radius 1 is 1.18 bits per heavy atom. The smallest absolute Gasteiger partial charge is 0.103 e. The highest BCUT2D eigenvalue weighted by Gasteiger charge is 2.03. The van der Waals surface area contributed by atoms with E-state index in [-0.39, 0.29) is 13.1 Å². The third kappa shape index (κ3) is 4.71. The van der Waals surface area contributed by atoms with Gasteiger partial charge in [0.25, 0.3) is 0 Å². The maximum absolute atomic E-state index is 9.90. The lowest BCUT2D eigenvalue weighted by Crippen LogP contribution is -2.10. The van der Waals surface area contributed by atoms with E-state index in [0.29, 0.717) is 0 Å². The van der Waals surface area contributed by atoms with E-state index in [0.717, 1.165) is 0 Å². The third-order valence-electron chi connectivity index (χ3n) is 0.860. The molecule has 0 aromatic carbocycles. The Bertz CT molecular complexity index is 192. The Labute approximate surface area is 61.4 Å². The van der Waals surface area contributed by atoms with Crippen molar-refractivity contribution in [3.63, 3.8) is 0 Å². The molecular formula is C3H5N7O. The lowest BCUT2D eigenvalue weighted by Gasteiger charge is -1.96. The number of hydrogen-bond acceptors (Lipinski definition) is 4. The first-order valence-electron chi connectivity index (χ1n) is 2.69. The first kappa shape index (κ1) is 9.22. The molecule has 0 fully saturated rings. The molecule has 0 aliphatic rings. The molecule has 58 valence electrons. The standard InChI is InChI=1S/C3H5N7O/c4-9-6-1-3(8-11)2-7-10-5/h3H,1-2H2. The SMILES string of the molecule is [N-]=[N+]=NCC(CN=[N+]=[N-])N=O. The Hall–Kier alpha value is -1.78. The Morgan fingerprint density at radius 3 is 1.91 bits per heavy atom. The second-order valence-electron chi connectivity index (χ2n) is 1.59. The quantitative estimate of drug-likeness (QED) is 0.255. The van der Waals surface area contributed by atoms with Gasteiger partial charge in [0.05, 0.1) is 13.1 Å². The van der Waals surface area contributed by atoms with Crippen LogP contribution in [-0.4, -0.2) is 19.1 Å². The molecule has 0 aliphatic carbocycles. The van der Waals surface area contributed by atoms with Crippen LogP contribution < -0.4 is 0 Å². The summed E-state index contributed by atoms with van der Waals surface area (Å²) in [6.07, 6.45) is 0. The van der Waals surface area contributed by atoms with E-state index in [4.69, 9.17) is 11.1 Å². The Kier molecular flexibility index (Phi) is 5.32. The average Bonchev–Trinajstić information content (AvgIpc) is 2.05. The summed E-state index contributed by atoms with van der Waals surface area (Å²) in [5.74, 6) is 0. The van der Waals surface area contributed by atoms with Crippen molar-refractivity contribution in [3.8, 4) is 0 Å². The van der Waals surface area contributed by atoms with Crippen molar-refractivity contribution in [1.82, 2.24) is 0 Å². The largest absolute Gasteiger partial charge is 0.151 e. The molecule has 8 heteroatoms. The summed E-state index contributed by atoms with van der Waals surface area (Å²) in [4.78, 5) is 14.7. The van der Waals surface area contributed by atoms with Gasteiger partial charge in [-0.3, -0.25) is 0 Å². The number of azide groups is 2. The minimum Gasteiger partial charge on any atom is -0.151 e. The lowest BCUT2D eigenvalue weighted by atomic mass is 10.3. The van der Waals surface area contributed by atoms with E-state index >= 15 is 0 Å². The van der Waals surface area contributed by atoms with E-state index in [1.54, 1.807) is 0 Å². The van der Waals surface area contributed by atoms with Crippen LogP contribution in [0.15, 0.2) is 15.4 Å². The van der Waals surface area contributed by atoms with Gasteiger partial charge in [-0.15, -0.1) is 0 Å². The van der Waals surface area contributed by atoms with Crippen LogP contribution in [0.25, 0.3) is 20.9 Å². The summed E-state index contributed by atoms with van der Waals surface area (Å²) in [7, 11) is 0. The molecule has 0 aromatic rings. The maximum atomic E-state index is 9.90. The predicted octanol–water partition coefficient (Wildman–Crippen LogP) is 1.74. The van der Waals surface area contributed by atoms with E-state index in [1.165, 1.54) is 0 Å². The predicted molar refractivity (Wildman–Crippen MR) is 37.6 cm³/mol. The van der Waals surface area contributed by atoms with Crippen molar-refractivity contribution in [3.05, 3.63) is 25.8 Å². The minimum absolute atomic E-state index is 0.0704. The summed E-state index contributed by atoms with van der Waals surface area (Å²) in [6.45, 7) is -0.141. The fraction of sp³-hybridized carbons (Fsp3) is 1.00. The first-order chi connectivity index (χ1) is 5.35. The van der Waals surface area contributed by atoms with E-state index < -0.39 is 6.04 Å². The maximum Gasteiger partial charge on any atom is 0.103 e. The second kappa shape index (κ2) is 6.34. The molecule has 0 spiro atoms. The van der Waals surface area contributed by atoms with Gasteiger partial charge in [0, 0.05) is 9.82 Å². The molecule has 0 atom stereocenters. The molecule has 0 rings (SSSR count). The van der Waals surface area contributed by atoms with Crippen LogP contribution in [0.5, 0.6) is 0 Å². The molecule has 0 N–H and O–H groups in total. The van der Waals surface area contributed by atoms with E-state index in [2.05, 4.69) is 25.2 Å². The second-order valence-corrected chi connectivity index (χ2v) is 1.59. The molecule has 0 aliphatic heterocycles. The molecule has 0 radical (unpaired) electrons. The van der Waals surface area contributed by atoms with Gasteiger partial charge in [0.15, 0.2) is 0 Å². The van der Waals surface area contributed by atoms with Crippen molar-refractivity contribution in [2.75, 3.05) is 13.1 Å². The van der Waals surface area contributed by atoms with Crippen molar-refractivity contribution < 1.29 is 0 Å². The molecule has 0 heterocycles. The average molecular weight is 155 g/mol. The fourth-order valence-corrected chi connectivity index (χ4v) is 0.386. The normalized spacial score (nSPS) is 10.5. The van der Waals surface area contributed by atoms with Crippen LogP contribution in [0.2, 0.25) is 0 Å². The van der Waals surface area contributed by atoms with Gasteiger partial charge in [-0.1, -0.05) is 15.4 Å². The number of nitroso groups, excluding NO2 is 1. The van der Waals surface area contributed by atoms with Crippen molar-refractivity contribution in [2.24, 2.45) is 15.4 Å². The topological polar surface area (TPSA) is 127 Å². The zero-order valence-corrected chi connectivity index (χ0v) is 5.53. The summed E-state index contributed by atoms with van der Waals surface area (Å²) in [5.41, 5.74) is 15.7. The zero-order valence-electron chi connectivity index (χ0n) is 5.53. The van der Waals surface area contributed by atoms with Crippen LogP contribution in [0.3, 0.4) is 0 Å². The van der Waals surface area contributed by atoms with Crippen LogP contribution in [-0.2, 0) is 0 Å². The van der Waals surface area contributed by atoms with Crippen molar-refractivity contribution in [2.45, 2.75) is 6.04 Å². The minimum atomic E-state index is -0.748. The highest BCUT2D eigenvalue weighted by molar-refractivity contribution is 4.71. The third-order valence-corrected chi connectivity index (χ3v) is 0.860. The van der Waals surface area contributed by atoms with Gasteiger partial charge in [0.2, 0.25) is 0 Å². The van der Waals surface area contributed by atoms with Crippen molar-refractivity contribution in [1.29, 1.82) is 0 Å². The monoisotopic (exact) mass is 155 g/mol. The number of hydrogen-bond donors (Lipinski definition) is 0. The first-order valence-corrected chi connectivity index (χ1v) is 2.69. The van der Waals surface area contributed by atoms with Crippen LogP contribution in [0.4, 0.5) is 0 Å².